The van der Waals surface area contributed by atoms with Crippen LogP contribution in [0.3, 0.4) is 0 Å². The lowest BCUT2D eigenvalue weighted by Gasteiger charge is -2.15. The largest absolute Gasteiger partial charge is 0.309 e. The summed E-state index contributed by atoms with van der Waals surface area (Å²) >= 11 is 0. The Balaban J connectivity index is 1.20. The third-order valence-electron chi connectivity index (χ3n) is 11.7. The topological polar surface area (TPSA) is 40.0 Å². The first-order valence-electron chi connectivity index (χ1n) is 18.8. The van der Waals surface area contributed by atoms with Crippen LogP contribution >= 0.6 is 0 Å². The fourth-order valence-corrected chi connectivity index (χ4v) is 9.49. The minimum Gasteiger partial charge on any atom is -0.309 e. The summed E-state index contributed by atoms with van der Waals surface area (Å²) in [5, 5.41) is 9.78. The Morgan fingerprint density at radius 1 is 0.345 bits per heavy atom. The Labute approximate surface area is 313 Å². The molecule has 13 rings (SSSR count). The van der Waals surface area contributed by atoms with Gasteiger partial charge in [0, 0.05) is 54.3 Å². The van der Waals surface area contributed by atoms with E-state index >= 15 is 0 Å². The molecule has 13 aromatic rings. The summed E-state index contributed by atoms with van der Waals surface area (Å²) in [6.45, 7) is 0. The van der Waals surface area contributed by atoms with Crippen molar-refractivity contribution < 1.29 is 0 Å². The Hall–Kier alpha value is -7.50. The summed E-state index contributed by atoms with van der Waals surface area (Å²) in [6.07, 6.45) is 0. The Morgan fingerprint density at radius 3 is 1.62 bits per heavy atom. The zero-order valence-electron chi connectivity index (χ0n) is 29.5. The molecule has 5 heterocycles. The van der Waals surface area contributed by atoms with Gasteiger partial charge in [0.25, 0.3) is 0 Å². The van der Waals surface area contributed by atoms with Gasteiger partial charge in [-0.1, -0.05) is 109 Å². The molecule has 0 saturated carbocycles. The van der Waals surface area contributed by atoms with E-state index in [2.05, 4.69) is 183 Å². The zero-order valence-corrected chi connectivity index (χ0v) is 29.5. The first kappa shape index (κ1) is 29.0. The van der Waals surface area contributed by atoms with Crippen LogP contribution in [0.5, 0.6) is 0 Å². The quantitative estimate of drug-likeness (QED) is 0.184. The van der Waals surface area contributed by atoms with E-state index in [9.17, 15) is 0 Å². The third kappa shape index (κ3) is 3.76. The van der Waals surface area contributed by atoms with E-state index in [1.807, 2.05) is 6.07 Å². The van der Waals surface area contributed by atoms with Crippen LogP contribution in [0.15, 0.2) is 176 Å². The number of hydrogen-bond acceptors (Lipinski definition) is 2. The van der Waals surface area contributed by atoms with Gasteiger partial charge in [0.05, 0.1) is 49.7 Å². The summed E-state index contributed by atoms with van der Waals surface area (Å²) in [6, 6.07) is 63.2. The maximum atomic E-state index is 5.55. The highest BCUT2D eigenvalue weighted by Gasteiger charge is 2.26. The van der Waals surface area contributed by atoms with Crippen molar-refractivity contribution >= 4 is 92.7 Å². The molecule has 5 heteroatoms. The first-order valence-corrected chi connectivity index (χ1v) is 18.8. The van der Waals surface area contributed by atoms with E-state index in [0.717, 1.165) is 50.3 Å². The van der Waals surface area contributed by atoms with Crippen LogP contribution in [0.4, 0.5) is 0 Å². The van der Waals surface area contributed by atoms with Gasteiger partial charge in [-0.2, -0.15) is 0 Å². The molecule has 0 aliphatic heterocycles. The second-order valence-electron chi connectivity index (χ2n) is 14.6. The van der Waals surface area contributed by atoms with Crippen molar-refractivity contribution in [2.24, 2.45) is 0 Å². The molecule has 0 bridgehead atoms. The maximum absolute atomic E-state index is 5.55. The average Bonchev–Trinajstić information content (AvgIpc) is 3.97. The van der Waals surface area contributed by atoms with Crippen LogP contribution in [0, 0.1) is 0 Å². The number of fused-ring (bicyclic) bond motifs is 14. The first-order chi connectivity index (χ1) is 27.3. The standard InChI is InChI=1S/C50H29N5/c1-2-14-31(15-3-1)53-41-22-10-4-16-32(41)36-28-30(26-27-45(36)53)47-50(52-40-21-9-8-20-39(40)51-47)55-43-24-12-6-18-34(43)38-29-37-33-17-5-11-23-42(33)54-44-25-13-7-19-35(44)46(48(37)54)49(38)55/h1-29H. The second kappa shape index (κ2) is 10.6. The molecule has 254 valence electrons. The van der Waals surface area contributed by atoms with Gasteiger partial charge in [0.2, 0.25) is 0 Å². The predicted octanol–water partition coefficient (Wildman–Crippen LogP) is 12.6. The maximum Gasteiger partial charge on any atom is 0.165 e. The zero-order chi connectivity index (χ0) is 35.8. The molecule has 0 radical (unpaired) electrons. The molecular weight excluding hydrogens is 671 g/mol. The highest BCUT2D eigenvalue weighted by atomic mass is 15.1. The smallest absolute Gasteiger partial charge is 0.165 e. The molecule has 5 nitrogen and oxygen atoms in total. The van der Waals surface area contributed by atoms with E-state index < -0.39 is 0 Å². The molecular formula is C50H29N5. The van der Waals surface area contributed by atoms with Gasteiger partial charge >= 0.3 is 0 Å². The number of rotatable bonds is 3. The Morgan fingerprint density at radius 2 is 0.873 bits per heavy atom. The van der Waals surface area contributed by atoms with E-state index in [1.165, 1.54) is 65.2 Å². The van der Waals surface area contributed by atoms with Crippen molar-refractivity contribution in [2.45, 2.75) is 0 Å². The number of aromatic nitrogens is 5. The van der Waals surface area contributed by atoms with Crippen molar-refractivity contribution in [3.05, 3.63) is 176 Å². The van der Waals surface area contributed by atoms with E-state index in [0.29, 0.717) is 0 Å². The number of para-hydroxylation sites is 7. The number of benzene rings is 8. The predicted molar refractivity (Wildman–Crippen MR) is 228 cm³/mol. The molecule has 8 aromatic carbocycles. The molecule has 0 unspecified atom stereocenters. The highest BCUT2D eigenvalue weighted by molar-refractivity contribution is 6.34. The Kier molecular flexibility index (Phi) is 5.57. The number of hydrogen-bond donors (Lipinski definition) is 0. The molecule has 0 atom stereocenters. The molecule has 0 N–H and O–H groups in total. The van der Waals surface area contributed by atoms with Gasteiger partial charge in [0.1, 0.15) is 5.69 Å². The van der Waals surface area contributed by atoms with Crippen molar-refractivity contribution in [3.8, 4) is 22.8 Å². The second-order valence-corrected chi connectivity index (χ2v) is 14.6. The van der Waals surface area contributed by atoms with Crippen molar-refractivity contribution in [1.82, 2.24) is 23.5 Å². The fraction of sp³-hybridized carbons (Fsp3) is 0. The van der Waals surface area contributed by atoms with Crippen LogP contribution in [0.25, 0.3) is 116 Å². The fourth-order valence-electron chi connectivity index (χ4n) is 9.49. The van der Waals surface area contributed by atoms with Crippen LogP contribution in [0.2, 0.25) is 0 Å². The molecule has 0 spiro atoms. The summed E-state index contributed by atoms with van der Waals surface area (Å²) in [7, 11) is 0. The SMILES string of the molecule is c1ccc(-n2c3ccccc3c3cc(-c4nc5ccccc5nc4-n4c5ccccc5c5cc6c7ccccc7n7c8ccccc8c(c54)c67)ccc32)cc1. The van der Waals surface area contributed by atoms with Crippen LogP contribution < -0.4 is 0 Å². The summed E-state index contributed by atoms with van der Waals surface area (Å²) in [5.74, 6) is 0.818. The van der Waals surface area contributed by atoms with Crippen LogP contribution in [-0.2, 0) is 0 Å². The van der Waals surface area contributed by atoms with Gasteiger partial charge in [-0.15, -0.1) is 0 Å². The average molecular weight is 700 g/mol. The minimum absolute atomic E-state index is 0.818. The van der Waals surface area contributed by atoms with Gasteiger partial charge in [-0.25, -0.2) is 9.97 Å². The van der Waals surface area contributed by atoms with Crippen molar-refractivity contribution in [3.63, 3.8) is 0 Å². The van der Waals surface area contributed by atoms with Gasteiger partial charge in [-0.3, -0.25) is 4.57 Å². The molecule has 0 saturated heterocycles. The highest BCUT2D eigenvalue weighted by Crippen LogP contribution is 2.47. The van der Waals surface area contributed by atoms with Crippen molar-refractivity contribution in [1.29, 1.82) is 0 Å². The normalized spacial score (nSPS) is 12.4. The lowest BCUT2D eigenvalue weighted by molar-refractivity contribution is 1.08. The van der Waals surface area contributed by atoms with Gasteiger partial charge < -0.3 is 8.97 Å². The van der Waals surface area contributed by atoms with Gasteiger partial charge in [-0.05, 0) is 66.7 Å². The molecule has 0 aliphatic rings. The van der Waals surface area contributed by atoms with Crippen molar-refractivity contribution in [2.75, 3.05) is 0 Å². The monoisotopic (exact) mass is 699 g/mol. The summed E-state index contributed by atoms with van der Waals surface area (Å²) < 4.78 is 7.22. The third-order valence-corrected chi connectivity index (χ3v) is 11.7. The summed E-state index contributed by atoms with van der Waals surface area (Å²) in [4.78, 5) is 11.0. The molecule has 0 fully saturated rings. The molecule has 55 heavy (non-hydrogen) atoms. The van der Waals surface area contributed by atoms with E-state index in [1.54, 1.807) is 0 Å². The molecule has 0 amide bonds. The number of nitrogens with zero attached hydrogens (tertiary/aromatic N) is 5. The minimum atomic E-state index is 0.818. The van der Waals surface area contributed by atoms with Crippen LogP contribution in [0.1, 0.15) is 0 Å². The molecule has 0 aliphatic carbocycles. The van der Waals surface area contributed by atoms with E-state index in [4.69, 9.17) is 9.97 Å². The molecule has 5 aromatic heterocycles. The Bertz CT molecular complexity index is 3720. The van der Waals surface area contributed by atoms with Gasteiger partial charge in [0.15, 0.2) is 5.82 Å². The lowest BCUT2D eigenvalue weighted by Crippen LogP contribution is -2.04. The summed E-state index contributed by atoms with van der Waals surface area (Å²) in [5.41, 5.74) is 13.0. The van der Waals surface area contributed by atoms with Crippen LogP contribution in [-0.4, -0.2) is 23.5 Å². The van der Waals surface area contributed by atoms with E-state index in [-0.39, 0.29) is 0 Å². The lowest BCUT2D eigenvalue weighted by atomic mass is 10.0.